The predicted octanol–water partition coefficient (Wildman–Crippen LogP) is 2.98. The third-order valence-electron chi connectivity index (χ3n) is 3.02. The van der Waals surface area contributed by atoms with Gasteiger partial charge in [-0.05, 0) is 24.6 Å². The van der Waals surface area contributed by atoms with Crippen LogP contribution in [0.15, 0.2) is 79.1 Å². The van der Waals surface area contributed by atoms with E-state index in [1.165, 1.54) is 6.20 Å². The van der Waals surface area contributed by atoms with Crippen molar-refractivity contribution < 1.29 is 4.39 Å². The van der Waals surface area contributed by atoms with E-state index in [2.05, 4.69) is 29.2 Å². The van der Waals surface area contributed by atoms with Crippen LogP contribution in [0.5, 0.6) is 0 Å². The van der Waals surface area contributed by atoms with Gasteiger partial charge in [0.25, 0.3) is 0 Å². The Labute approximate surface area is 118 Å². The van der Waals surface area contributed by atoms with Gasteiger partial charge in [0.1, 0.15) is 5.82 Å². The summed E-state index contributed by atoms with van der Waals surface area (Å²) >= 11 is 0. The van der Waals surface area contributed by atoms with Gasteiger partial charge >= 0.3 is 0 Å². The maximum atomic E-state index is 14.2. The summed E-state index contributed by atoms with van der Waals surface area (Å²) in [6.45, 7) is 0. The van der Waals surface area contributed by atoms with Gasteiger partial charge in [-0.3, -0.25) is 4.98 Å². The third kappa shape index (κ3) is 2.61. The van der Waals surface area contributed by atoms with E-state index in [1.54, 1.807) is 12.3 Å². The van der Waals surface area contributed by atoms with E-state index in [0.717, 1.165) is 10.6 Å². The van der Waals surface area contributed by atoms with Gasteiger partial charge < -0.3 is 0 Å². The molecule has 0 saturated heterocycles. The summed E-state index contributed by atoms with van der Waals surface area (Å²) in [6.07, 6.45) is 2.94. The molecule has 0 atom stereocenters. The van der Waals surface area contributed by atoms with Crippen molar-refractivity contribution in [2.45, 2.75) is 0 Å². The molecule has 0 aliphatic carbocycles. The quantitative estimate of drug-likeness (QED) is 0.673. The maximum Gasteiger partial charge on any atom is 0.149 e. The topological polar surface area (TPSA) is 12.9 Å². The average molecular weight is 281 g/mol. The van der Waals surface area contributed by atoms with E-state index >= 15 is 0 Å². The minimum absolute atomic E-state index is 0.244. The molecule has 3 rings (SSSR count). The number of nitrogens with zero attached hydrogens (tertiary/aromatic N) is 1. The second-order valence-electron chi connectivity index (χ2n) is 4.33. The van der Waals surface area contributed by atoms with Crippen molar-refractivity contribution in [2.75, 3.05) is 0 Å². The Morgan fingerprint density at radius 1 is 0.750 bits per heavy atom. The first-order chi connectivity index (χ1) is 9.86. The van der Waals surface area contributed by atoms with Crippen LogP contribution in [0, 0.1) is 5.82 Å². The lowest BCUT2D eigenvalue weighted by Crippen LogP contribution is -2.22. The highest BCUT2D eigenvalue weighted by atomic mass is 31.1. The summed E-state index contributed by atoms with van der Waals surface area (Å²) in [7, 11) is -0.882. The Bertz CT molecular complexity index is 646. The van der Waals surface area contributed by atoms with Crippen molar-refractivity contribution in [3.8, 4) is 0 Å². The number of pyridine rings is 1. The first kappa shape index (κ1) is 13.0. The second kappa shape index (κ2) is 5.94. The van der Waals surface area contributed by atoms with Crippen LogP contribution < -0.4 is 15.9 Å². The van der Waals surface area contributed by atoms with E-state index in [-0.39, 0.29) is 5.82 Å². The Balaban J connectivity index is 2.17. The second-order valence-corrected chi connectivity index (χ2v) is 6.52. The van der Waals surface area contributed by atoms with Crippen molar-refractivity contribution in [2.24, 2.45) is 0 Å². The molecule has 0 fully saturated rings. The Hall–Kier alpha value is -2.05. The molecule has 3 aromatic rings. The molecule has 0 spiro atoms. The van der Waals surface area contributed by atoms with Gasteiger partial charge in [-0.15, -0.1) is 0 Å². The summed E-state index contributed by atoms with van der Waals surface area (Å²) < 4.78 is 14.2. The number of benzene rings is 2. The molecule has 1 heterocycles. The lowest BCUT2D eigenvalue weighted by atomic mass is 10.4. The smallest absolute Gasteiger partial charge is 0.149 e. The standard InChI is InChI=1S/C17H13FNP/c18-16-13-19-12-11-17(16)20(14-7-3-1-4-8-14)15-9-5-2-6-10-15/h1-13H. The van der Waals surface area contributed by atoms with Crippen LogP contribution in [0.1, 0.15) is 0 Å². The molecule has 2 aromatic carbocycles. The van der Waals surface area contributed by atoms with Gasteiger partial charge in [0.05, 0.1) is 6.20 Å². The van der Waals surface area contributed by atoms with E-state index < -0.39 is 7.92 Å². The number of hydrogen-bond acceptors (Lipinski definition) is 1. The summed E-state index contributed by atoms with van der Waals surface area (Å²) in [5.74, 6) is -0.244. The van der Waals surface area contributed by atoms with Crippen LogP contribution in [0.3, 0.4) is 0 Å². The molecule has 0 unspecified atom stereocenters. The fraction of sp³-hybridized carbons (Fsp3) is 0. The van der Waals surface area contributed by atoms with Gasteiger partial charge in [0.15, 0.2) is 0 Å². The van der Waals surface area contributed by atoms with Crippen molar-refractivity contribution >= 4 is 23.8 Å². The Morgan fingerprint density at radius 3 is 1.80 bits per heavy atom. The van der Waals surface area contributed by atoms with Crippen molar-refractivity contribution in [3.05, 3.63) is 84.9 Å². The highest BCUT2D eigenvalue weighted by Crippen LogP contribution is 2.33. The van der Waals surface area contributed by atoms with E-state index in [4.69, 9.17) is 0 Å². The first-order valence-corrected chi connectivity index (χ1v) is 7.70. The van der Waals surface area contributed by atoms with E-state index in [1.807, 2.05) is 36.4 Å². The highest BCUT2D eigenvalue weighted by molar-refractivity contribution is 7.79. The number of halogens is 1. The summed E-state index contributed by atoms with van der Waals surface area (Å²) in [6, 6.07) is 21.9. The molecule has 1 aromatic heterocycles. The molecule has 0 radical (unpaired) electrons. The summed E-state index contributed by atoms with van der Waals surface area (Å²) in [5.41, 5.74) is 0. The molecule has 0 bridgehead atoms. The minimum Gasteiger partial charge on any atom is -0.262 e. The zero-order valence-corrected chi connectivity index (χ0v) is 11.7. The van der Waals surface area contributed by atoms with Crippen LogP contribution in [-0.2, 0) is 0 Å². The van der Waals surface area contributed by atoms with Crippen LogP contribution in [0.25, 0.3) is 0 Å². The van der Waals surface area contributed by atoms with E-state index in [9.17, 15) is 4.39 Å². The van der Waals surface area contributed by atoms with Crippen LogP contribution in [-0.4, -0.2) is 4.98 Å². The number of hydrogen-bond donors (Lipinski definition) is 0. The molecule has 0 aliphatic heterocycles. The van der Waals surface area contributed by atoms with Gasteiger partial charge in [-0.25, -0.2) is 4.39 Å². The molecule has 20 heavy (non-hydrogen) atoms. The molecule has 0 aliphatic rings. The van der Waals surface area contributed by atoms with E-state index in [0.29, 0.717) is 5.30 Å². The van der Waals surface area contributed by atoms with Crippen molar-refractivity contribution in [1.29, 1.82) is 0 Å². The maximum absolute atomic E-state index is 14.2. The van der Waals surface area contributed by atoms with Gasteiger partial charge in [0.2, 0.25) is 0 Å². The molecule has 3 heteroatoms. The number of rotatable bonds is 3. The minimum atomic E-state index is -0.882. The molecule has 0 amide bonds. The first-order valence-electron chi connectivity index (χ1n) is 6.36. The Morgan fingerprint density at radius 2 is 1.30 bits per heavy atom. The highest BCUT2D eigenvalue weighted by Gasteiger charge is 2.19. The predicted molar refractivity (Wildman–Crippen MR) is 82.9 cm³/mol. The van der Waals surface area contributed by atoms with Gasteiger partial charge in [-0.2, -0.15) is 0 Å². The SMILES string of the molecule is Fc1cnccc1P(c1ccccc1)c1ccccc1. The molecule has 1 nitrogen and oxygen atoms in total. The largest absolute Gasteiger partial charge is 0.262 e. The lowest BCUT2D eigenvalue weighted by Gasteiger charge is -2.19. The summed E-state index contributed by atoms with van der Waals surface area (Å²) in [4.78, 5) is 3.85. The molecular formula is C17H13FNP. The van der Waals surface area contributed by atoms with Crippen LogP contribution in [0.2, 0.25) is 0 Å². The summed E-state index contributed by atoms with van der Waals surface area (Å²) in [5, 5.41) is 2.99. The Kier molecular flexibility index (Phi) is 3.85. The van der Waals surface area contributed by atoms with Crippen molar-refractivity contribution in [1.82, 2.24) is 4.98 Å². The van der Waals surface area contributed by atoms with Gasteiger partial charge in [0, 0.05) is 11.5 Å². The van der Waals surface area contributed by atoms with Crippen LogP contribution >= 0.6 is 7.92 Å². The normalized spacial score (nSPS) is 10.7. The van der Waals surface area contributed by atoms with Crippen LogP contribution in [0.4, 0.5) is 4.39 Å². The molecule has 98 valence electrons. The zero-order valence-electron chi connectivity index (χ0n) is 10.8. The molecule has 0 saturated carbocycles. The number of aromatic nitrogens is 1. The molecule has 0 N–H and O–H groups in total. The average Bonchev–Trinajstić information content (AvgIpc) is 2.52. The van der Waals surface area contributed by atoms with Crippen molar-refractivity contribution in [3.63, 3.8) is 0 Å². The zero-order chi connectivity index (χ0) is 13.8. The lowest BCUT2D eigenvalue weighted by molar-refractivity contribution is 0.630. The fourth-order valence-corrected chi connectivity index (χ4v) is 4.41. The molecular weight excluding hydrogens is 268 g/mol. The van der Waals surface area contributed by atoms with Gasteiger partial charge in [-0.1, -0.05) is 60.7 Å². The monoisotopic (exact) mass is 281 g/mol. The third-order valence-corrected chi connectivity index (χ3v) is 5.49. The fourth-order valence-electron chi connectivity index (χ4n) is 2.13.